The highest BCUT2D eigenvalue weighted by atomic mass is 32.1. The molecule has 29 heteroatoms. The van der Waals surface area contributed by atoms with Crippen molar-refractivity contribution in [2.24, 2.45) is 5.73 Å². The Labute approximate surface area is 391 Å². The first-order valence-electron chi connectivity index (χ1n) is 20.5. The van der Waals surface area contributed by atoms with E-state index in [-0.39, 0.29) is 31.6 Å². The van der Waals surface area contributed by atoms with Gasteiger partial charge in [0.1, 0.15) is 42.3 Å². The van der Waals surface area contributed by atoms with Crippen LogP contribution in [-0.4, -0.2) is 169 Å². The molecule has 376 valence electrons. The van der Waals surface area contributed by atoms with E-state index in [0.717, 1.165) is 0 Å². The average Bonchev–Trinajstić information content (AvgIpc) is 3.26. The summed E-state index contributed by atoms with van der Waals surface area (Å²) in [5.41, 5.74) is 6.35. The molecule has 68 heavy (non-hydrogen) atoms. The van der Waals surface area contributed by atoms with Crippen LogP contribution >= 0.6 is 12.6 Å². The van der Waals surface area contributed by atoms with Crippen LogP contribution in [0.4, 0.5) is 4.79 Å². The fourth-order valence-corrected chi connectivity index (χ4v) is 5.88. The summed E-state index contributed by atoms with van der Waals surface area (Å²) in [4.78, 5) is 157. The van der Waals surface area contributed by atoms with E-state index in [4.69, 9.17) is 21.1 Å². The van der Waals surface area contributed by atoms with Crippen molar-refractivity contribution in [2.45, 2.75) is 107 Å². The maximum atomic E-state index is 13.4. The van der Waals surface area contributed by atoms with E-state index in [1.54, 1.807) is 30.3 Å². The zero-order valence-corrected chi connectivity index (χ0v) is 37.0. The highest BCUT2D eigenvalue weighted by Crippen LogP contribution is 2.08. The van der Waals surface area contributed by atoms with Crippen molar-refractivity contribution in [2.75, 3.05) is 18.8 Å². The Morgan fingerprint density at radius 1 is 0.500 bits per heavy atom. The second-order valence-electron chi connectivity index (χ2n) is 14.7. The SMILES string of the molecule is N[C@@H](CNC(=O)CC[C@H](NC(=O)[C@H](Cc1ccccc1)NC(=O)CCCNC(=O)CC[C@H](NC(=O)N[C@@H](CCC(=O)O)C(=O)O)C(=O)O)C(=O)O)C(=O)N[C@@H](CC(=O)O)C(=O)N[C@@H](CS)C(=O)O. The number of hydrogen-bond donors (Lipinski definition) is 16. The van der Waals surface area contributed by atoms with Crippen molar-refractivity contribution in [1.82, 2.24) is 42.5 Å². The molecule has 1 aromatic rings. The minimum atomic E-state index is -1.76. The maximum absolute atomic E-state index is 13.4. The Morgan fingerprint density at radius 3 is 1.47 bits per heavy atom. The highest BCUT2D eigenvalue weighted by Gasteiger charge is 2.31. The lowest BCUT2D eigenvalue weighted by Crippen LogP contribution is -2.57. The number of carbonyl (C=O) groups excluding carboxylic acids is 7. The van der Waals surface area contributed by atoms with E-state index in [0.29, 0.717) is 5.56 Å². The van der Waals surface area contributed by atoms with E-state index in [9.17, 15) is 77.6 Å². The predicted octanol–water partition coefficient (Wildman–Crippen LogP) is -4.29. The molecule has 16 N–H and O–H groups in total. The lowest BCUT2D eigenvalue weighted by atomic mass is 10.0. The number of carboxylic acids is 6. The standard InChI is InChI=1S/C39H55N9O19S/c40-20(32(56)45-25(16-31(54)55)34(58)46-26(18-68)38(65)66)17-42-28(50)12-8-21(35(59)60)44-33(57)24(15-19-5-2-1-3-6-19)43-29(51)7-4-14-41-27(49)11-9-22(36(61)62)47-39(67)48-23(37(63)64)10-13-30(52)53/h1-3,5-6,20-26,68H,4,7-18,40H2,(H,41,49)(H,42,50)(H,43,51)(H,44,57)(H,45,56)(H,46,58)(H,52,53)(H,54,55)(H,59,60)(H,61,62)(H,63,64)(H,65,66)(H2,47,48,67)/t20-,21-,22-,23-,24-,25-,26-/m0/s1. The van der Waals surface area contributed by atoms with Gasteiger partial charge in [-0.05, 0) is 31.2 Å². The molecule has 0 aromatic heterocycles. The fraction of sp³-hybridized carbons (Fsp3) is 0.513. The van der Waals surface area contributed by atoms with Crippen LogP contribution in [-0.2, 0) is 64.0 Å². The third-order valence-corrected chi connectivity index (χ3v) is 9.66. The number of hydrogen-bond acceptors (Lipinski definition) is 15. The first-order valence-corrected chi connectivity index (χ1v) is 21.1. The summed E-state index contributed by atoms with van der Waals surface area (Å²) >= 11 is 3.79. The predicted molar refractivity (Wildman–Crippen MR) is 232 cm³/mol. The van der Waals surface area contributed by atoms with Gasteiger partial charge in [-0.1, -0.05) is 30.3 Å². The molecule has 0 spiro atoms. The van der Waals surface area contributed by atoms with Gasteiger partial charge in [0.25, 0.3) is 0 Å². The molecule has 0 aliphatic rings. The summed E-state index contributed by atoms with van der Waals surface area (Å²) in [5.74, 6) is -14.8. The Bertz CT molecular complexity index is 1990. The first-order chi connectivity index (χ1) is 31.9. The molecular formula is C39H55N9O19S. The van der Waals surface area contributed by atoms with Gasteiger partial charge in [0.15, 0.2) is 0 Å². The lowest BCUT2D eigenvalue weighted by Gasteiger charge is -2.22. The van der Waals surface area contributed by atoms with Gasteiger partial charge in [-0.25, -0.2) is 24.0 Å². The van der Waals surface area contributed by atoms with Crippen molar-refractivity contribution in [3.8, 4) is 0 Å². The molecule has 8 amide bonds. The molecule has 0 heterocycles. The zero-order valence-electron chi connectivity index (χ0n) is 36.1. The molecule has 28 nitrogen and oxygen atoms in total. The number of aliphatic carboxylic acids is 6. The molecule has 0 bridgehead atoms. The van der Waals surface area contributed by atoms with Crippen LogP contribution in [0.3, 0.4) is 0 Å². The van der Waals surface area contributed by atoms with Crippen LogP contribution in [0.25, 0.3) is 0 Å². The fourth-order valence-electron chi connectivity index (χ4n) is 5.64. The highest BCUT2D eigenvalue weighted by molar-refractivity contribution is 7.80. The van der Waals surface area contributed by atoms with Crippen LogP contribution in [0, 0.1) is 0 Å². The number of urea groups is 1. The Balaban J connectivity index is 2.77. The van der Waals surface area contributed by atoms with Crippen LogP contribution in [0.2, 0.25) is 0 Å². The van der Waals surface area contributed by atoms with Gasteiger partial charge in [0.2, 0.25) is 35.4 Å². The molecule has 0 fully saturated rings. The van der Waals surface area contributed by atoms with Gasteiger partial charge < -0.3 is 78.9 Å². The number of nitrogens with one attached hydrogen (secondary N) is 8. The minimum absolute atomic E-state index is 0.00718. The van der Waals surface area contributed by atoms with E-state index < -0.39 is 171 Å². The van der Waals surface area contributed by atoms with Crippen LogP contribution in [0.1, 0.15) is 63.4 Å². The summed E-state index contributed by atoms with van der Waals surface area (Å²) in [7, 11) is 0. The normalized spacial score (nSPS) is 13.7. The summed E-state index contributed by atoms with van der Waals surface area (Å²) in [6.07, 6.45) is -4.30. The molecule has 7 atom stereocenters. The third kappa shape index (κ3) is 24.1. The maximum Gasteiger partial charge on any atom is 0.327 e. The quantitative estimate of drug-likeness (QED) is 0.0234. The summed E-state index contributed by atoms with van der Waals surface area (Å²) in [6, 6.07) is -4.09. The first kappa shape index (κ1) is 58.5. The molecule has 1 rings (SSSR count). The van der Waals surface area contributed by atoms with E-state index in [1.807, 2.05) is 16.0 Å². The van der Waals surface area contributed by atoms with Gasteiger partial charge in [-0.3, -0.25) is 38.4 Å². The van der Waals surface area contributed by atoms with Gasteiger partial charge >= 0.3 is 41.8 Å². The van der Waals surface area contributed by atoms with Gasteiger partial charge in [0, 0.05) is 50.9 Å². The van der Waals surface area contributed by atoms with E-state index in [2.05, 4.69) is 39.2 Å². The smallest absolute Gasteiger partial charge is 0.327 e. The average molecular weight is 986 g/mol. The monoisotopic (exact) mass is 985 g/mol. The number of carboxylic acid groups (broad SMARTS) is 6. The zero-order chi connectivity index (χ0) is 51.5. The van der Waals surface area contributed by atoms with Crippen molar-refractivity contribution in [1.29, 1.82) is 0 Å². The van der Waals surface area contributed by atoms with E-state index in [1.165, 1.54) is 0 Å². The summed E-state index contributed by atoms with van der Waals surface area (Å²) < 4.78 is 0. The van der Waals surface area contributed by atoms with Crippen LogP contribution in [0.15, 0.2) is 30.3 Å². The number of nitrogens with two attached hydrogens (primary N) is 1. The molecular weight excluding hydrogens is 931 g/mol. The third-order valence-electron chi connectivity index (χ3n) is 9.29. The van der Waals surface area contributed by atoms with Crippen LogP contribution in [0.5, 0.6) is 0 Å². The van der Waals surface area contributed by atoms with Crippen LogP contribution < -0.4 is 48.3 Å². The summed E-state index contributed by atoms with van der Waals surface area (Å²) in [6.45, 7) is -0.690. The number of thiol groups is 1. The summed E-state index contributed by atoms with van der Waals surface area (Å²) in [5, 5.41) is 73.1. The number of carbonyl (C=O) groups is 13. The van der Waals surface area contributed by atoms with Crippen molar-refractivity contribution < 1.29 is 93.0 Å². The Kier molecular flexibility index (Phi) is 26.3. The van der Waals surface area contributed by atoms with Crippen molar-refractivity contribution >= 4 is 89.9 Å². The Hall–Kier alpha value is -7.56. The van der Waals surface area contributed by atoms with Crippen molar-refractivity contribution in [3.63, 3.8) is 0 Å². The van der Waals surface area contributed by atoms with Gasteiger partial charge in [-0.15, -0.1) is 0 Å². The largest absolute Gasteiger partial charge is 0.481 e. The molecule has 0 radical (unpaired) electrons. The Morgan fingerprint density at radius 2 is 0.971 bits per heavy atom. The number of benzene rings is 1. The van der Waals surface area contributed by atoms with Crippen molar-refractivity contribution in [3.05, 3.63) is 35.9 Å². The molecule has 1 aromatic carbocycles. The minimum Gasteiger partial charge on any atom is -0.481 e. The second kappa shape index (κ2) is 30.6. The molecule has 0 saturated heterocycles. The van der Waals surface area contributed by atoms with E-state index >= 15 is 0 Å². The topological polar surface area (TPSA) is 466 Å². The second-order valence-corrected chi connectivity index (χ2v) is 15.1. The molecule has 0 unspecified atom stereocenters. The van der Waals surface area contributed by atoms with Gasteiger partial charge in [-0.2, -0.15) is 12.6 Å². The number of amides is 8. The number of rotatable bonds is 33. The molecule has 0 saturated carbocycles. The molecule has 0 aliphatic heterocycles. The lowest BCUT2D eigenvalue weighted by molar-refractivity contribution is -0.143. The molecule has 0 aliphatic carbocycles. The van der Waals surface area contributed by atoms with Gasteiger partial charge in [0.05, 0.1) is 6.42 Å².